The number of nitrogens with one attached hydrogen (secondary N) is 1. The normalized spacial score (nSPS) is 21.3. The van der Waals surface area contributed by atoms with Crippen molar-refractivity contribution in [3.8, 4) is 5.75 Å². The first-order chi connectivity index (χ1) is 14.5. The van der Waals surface area contributed by atoms with E-state index in [2.05, 4.69) is 5.32 Å². The van der Waals surface area contributed by atoms with Gasteiger partial charge in [-0.1, -0.05) is 54.2 Å². The molecule has 9 heteroatoms. The van der Waals surface area contributed by atoms with E-state index < -0.39 is 10.5 Å². The lowest BCUT2D eigenvalue weighted by molar-refractivity contribution is -0.127. The third kappa shape index (κ3) is 4.52. The number of rotatable bonds is 7. The average Bonchev–Trinajstić information content (AvgIpc) is 3.21. The molecule has 2 aromatic rings. The Bertz CT molecular complexity index is 981. The summed E-state index contributed by atoms with van der Waals surface area (Å²) in [6, 6.07) is 16.5. The van der Waals surface area contributed by atoms with E-state index in [9.17, 15) is 19.2 Å². The van der Waals surface area contributed by atoms with Crippen molar-refractivity contribution in [2.45, 2.75) is 16.9 Å². The maximum absolute atomic E-state index is 12.6. The van der Waals surface area contributed by atoms with Crippen LogP contribution in [0.4, 0.5) is 9.59 Å². The minimum Gasteiger partial charge on any atom is -0.492 e. The molecule has 2 aliphatic rings. The van der Waals surface area contributed by atoms with Gasteiger partial charge in [0.2, 0.25) is 11.8 Å². The number of hydrogen-bond donors (Lipinski definition) is 1. The van der Waals surface area contributed by atoms with E-state index in [1.54, 1.807) is 24.3 Å². The molecule has 0 aromatic heterocycles. The number of ether oxygens (including phenoxy) is 1. The summed E-state index contributed by atoms with van der Waals surface area (Å²) < 4.78 is 5.65. The second kappa shape index (κ2) is 8.93. The molecule has 30 heavy (non-hydrogen) atoms. The monoisotopic (exact) mass is 442 g/mol. The molecule has 4 amide bonds. The molecule has 4 rings (SSSR count). The van der Waals surface area contributed by atoms with Crippen LogP contribution in [0.2, 0.25) is 0 Å². The lowest BCUT2D eigenvalue weighted by Crippen LogP contribution is -2.35. The lowest BCUT2D eigenvalue weighted by Gasteiger charge is -2.15. The van der Waals surface area contributed by atoms with Crippen LogP contribution >= 0.6 is 23.5 Å². The van der Waals surface area contributed by atoms with Gasteiger partial charge in [-0.15, -0.1) is 0 Å². The first-order valence-electron chi connectivity index (χ1n) is 9.31. The number of nitrogens with zero attached hydrogens (tertiary/aromatic N) is 1. The summed E-state index contributed by atoms with van der Waals surface area (Å²) in [5.41, 5.74) is 1.73. The van der Waals surface area contributed by atoms with Crippen molar-refractivity contribution in [1.82, 2.24) is 10.2 Å². The lowest BCUT2D eigenvalue weighted by atomic mass is 10.1. The Morgan fingerprint density at radius 3 is 2.33 bits per heavy atom. The topological polar surface area (TPSA) is 92.8 Å². The third-order valence-electron chi connectivity index (χ3n) is 4.72. The van der Waals surface area contributed by atoms with Gasteiger partial charge in [-0.2, -0.15) is 0 Å². The summed E-state index contributed by atoms with van der Waals surface area (Å²) in [7, 11) is 0. The van der Waals surface area contributed by atoms with Gasteiger partial charge in [-0.25, -0.2) is 0 Å². The van der Waals surface area contributed by atoms with Gasteiger partial charge in [-0.05, 0) is 41.4 Å². The average molecular weight is 443 g/mol. The molecule has 2 aliphatic heterocycles. The van der Waals surface area contributed by atoms with E-state index >= 15 is 0 Å². The minimum absolute atomic E-state index is 0.173. The van der Waals surface area contributed by atoms with Crippen molar-refractivity contribution >= 4 is 45.8 Å². The number of imide groups is 2. The first-order valence-corrected chi connectivity index (χ1v) is 11.1. The SMILES string of the molecule is O=C1NC(=O)C(c2ccc(OCCN3C(=O)SC(Cc4ccccc4)C3=O)cc2)S1. The van der Waals surface area contributed by atoms with Gasteiger partial charge in [0, 0.05) is 0 Å². The fraction of sp³-hybridized carbons (Fsp3) is 0.238. The van der Waals surface area contributed by atoms with Crippen LogP contribution < -0.4 is 10.1 Å². The molecule has 2 saturated heterocycles. The maximum atomic E-state index is 12.6. The largest absolute Gasteiger partial charge is 0.492 e. The van der Waals surface area contributed by atoms with Crippen molar-refractivity contribution in [3.63, 3.8) is 0 Å². The van der Waals surface area contributed by atoms with E-state index in [-0.39, 0.29) is 35.4 Å². The van der Waals surface area contributed by atoms with Crippen molar-refractivity contribution in [1.29, 1.82) is 0 Å². The van der Waals surface area contributed by atoms with Gasteiger partial charge in [0.1, 0.15) is 17.6 Å². The smallest absolute Gasteiger partial charge is 0.289 e. The Kier molecular flexibility index (Phi) is 6.10. The van der Waals surface area contributed by atoms with Crippen LogP contribution in [-0.4, -0.2) is 45.6 Å². The molecular weight excluding hydrogens is 424 g/mol. The zero-order valence-corrected chi connectivity index (χ0v) is 17.4. The van der Waals surface area contributed by atoms with E-state index in [4.69, 9.17) is 4.74 Å². The van der Waals surface area contributed by atoms with Crippen molar-refractivity contribution in [2.75, 3.05) is 13.2 Å². The van der Waals surface area contributed by atoms with Crippen LogP contribution in [0.15, 0.2) is 54.6 Å². The van der Waals surface area contributed by atoms with Crippen molar-refractivity contribution < 1.29 is 23.9 Å². The molecular formula is C21H18N2O5S2. The Morgan fingerprint density at radius 1 is 0.933 bits per heavy atom. The predicted octanol–water partition coefficient (Wildman–Crippen LogP) is 3.40. The van der Waals surface area contributed by atoms with Crippen LogP contribution in [0.5, 0.6) is 5.75 Å². The molecule has 0 radical (unpaired) electrons. The zero-order chi connectivity index (χ0) is 21.1. The molecule has 1 N–H and O–H groups in total. The van der Waals surface area contributed by atoms with E-state index in [1.165, 1.54) is 4.90 Å². The molecule has 0 bridgehead atoms. The fourth-order valence-corrected chi connectivity index (χ4v) is 5.12. The van der Waals surface area contributed by atoms with Crippen molar-refractivity contribution in [2.24, 2.45) is 0 Å². The molecule has 0 spiro atoms. The molecule has 0 saturated carbocycles. The summed E-state index contributed by atoms with van der Waals surface area (Å²) in [6.45, 7) is 0.347. The number of carbonyl (C=O) groups is 4. The summed E-state index contributed by atoms with van der Waals surface area (Å²) in [5, 5.41) is 0.690. The Balaban J connectivity index is 1.29. The van der Waals surface area contributed by atoms with E-state index in [0.29, 0.717) is 17.7 Å². The Hall–Kier alpha value is -2.78. The Labute approximate surface area is 181 Å². The highest BCUT2D eigenvalue weighted by molar-refractivity contribution is 8.15. The summed E-state index contributed by atoms with van der Waals surface area (Å²) in [5.74, 6) is 0.0371. The quantitative estimate of drug-likeness (QED) is 0.702. The maximum Gasteiger partial charge on any atom is 0.289 e. The van der Waals surface area contributed by atoms with Crippen LogP contribution in [0.1, 0.15) is 16.4 Å². The highest BCUT2D eigenvalue weighted by atomic mass is 32.2. The molecule has 2 atom stereocenters. The highest BCUT2D eigenvalue weighted by Gasteiger charge is 2.39. The number of carbonyl (C=O) groups excluding carboxylic acids is 4. The second-order valence-corrected chi connectivity index (χ2v) is 8.98. The van der Waals surface area contributed by atoms with E-state index in [0.717, 1.165) is 29.1 Å². The van der Waals surface area contributed by atoms with Gasteiger partial charge in [-0.3, -0.25) is 29.4 Å². The fourth-order valence-electron chi connectivity index (χ4n) is 3.23. The number of hydrogen-bond acceptors (Lipinski definition) is 7. The van der Waals surface area contributed by atoms with E-state index in [1.807, 2.05) is 30.3 Å². The molecule has 2 fully saturated rings. The van der Waals surface area contributed by atoms with Crippen LogP contribution in [0, 0.1) is 0 Å². The minimum atomic E-state index is -0.551. The standard InChI is InChI=1S/C21H18N2O5S2/c24-18-17(30-20(26)22-18)14-6-8-15(9-7-14)28-11-10-23-19(25)16(29-21(23)27)12-13-4-2-1-3-5-13/h1-9,16-17H,10-12H2,(H,22,24,26). The molecule has 2 heterocycles. The second-order valence-electron chi connectivity index (χ2n) is 6.74. The summed E-state index contributed by atoms with van der Waals surface area (Å²) >= 11 is 2.00. The van der Waals surface area contributed by atoms with Gasteiger partial charge in [0.05, 0.1) is 11.8 Å². The van der Waals surface area contributed by atoms with Crippen molar-refractivity contribution in [3.05, 3.63) is 65.7 Å². The molecule has 2 aromatic carbocycles. The molecule has 2 unspecified atom stereocenters. The molecule has 0 aliphatic carbocycles. The Morgan fingerprint density at radius 2 is 1.67 bits per heavy atom. The molecule has 7 nitrogen and oxygen atoms in total. The van der Waals surface area contributed by atoms with Crippen LogP contribution in [-0.2, 0) is 16.0 Å². The van der Waals surface area contributed by atoms with Crippen LogP contribution in [0.25, 0.3) is 0 Å². The van der Waals surface area contributed by atoms with Gasteiger partial charge < -0.3 is 4.74 Å². The number of amides is 4. The highest BCUT2D eigenvalue weighted by Crippen LogP contribution is 2.35. The summed E-state index contributed by atoms with van der Waals surface area (Å²) in [4.78, 5) is 49.1. The van der Waals surface area contributed by atoms with Gasteiger partial charge in [0.15, 0.2) is 0 Å². The number of thioether (sulfide) groups is 2. The number of benzene rings is 2. The van der Waals surface area contributed by atoms with Gasteiger partial charge >= 0.3 is 0 Å². The van der Waals surface area contributed by atoms with Crippen LogP contribution in [0.3, 0.4) is 0 Å². The molecule has 154 valence electrons. The first kappa shape index (κ1) is 20.5. The third-order valence-corrected chi connectivity index (χ3v) is 6.84. The predicted molar refractivity (Wildman–Crippen MR) is 114 cm³/mol. The summed E-state index contributed by atoms with van der Waals surface area (Å²) in [6.07, 6.45) is 0.518. The zero-order valence-electron chi connectivity index (χ0n) is 15.8. The van der Waals surface area contributed by atoms with Gasteiger partial charge in [0.25, 0.3) is 10.5 Å².